The number of nitrogens with zero attached hydrogens (tertiary/aromatic N) is 1. The van der Waals surface area contributed by atoms with Gasteiger partial charge in [0, 0.05) is 31.4 Å². The van der Waals surface area contributed by atoms with E-state index in [1.54, 1.807) is 6.92 Å². The molecule has 9 heteroatoms. The summed E-state index contributed by atoms with van der Waals surface area (Å²) in [6.45, 7) is 3.23. The molecule has 1 heterocycles. The van der Waals surface area contributed by atoms with Gasteiger partial charge in [0.15, 0.2) is 0 Å². The largest absolute Gasteiger partial charge is 0.385 e. The summed E-state index contributed by atoms with van der Waals surface area (Å²) in [4.78, 5) is 13.8. The van der Waals surface area contributed by atoms with Crippen LogP contribution in [0.4, 0.5) is 14.5 Å². The van der Waals surface area contributed by atoms with Crippen LogP contribution in [0.3, 0.4) is 0 Å². The third kappa shape index (κ3) is 5.66. The van der Waals surface area contributed by atoms with Crippen LogP contribution < -0.4 is 10.0 Å². The van der Waals surface area contributed by atoms with Crippen molar-refractivity contribution in [3.63, 3.8) is 0 Å². The minimum Gasteiger partial charge on any atom is -0.385 e. The van der Waals surface area contributed by atoms with E-state index in [0.29, 0.717) is 31.2 Å². The lowest BCUT2D eigenvalue weighted by Gasteiger charge is -2.29. The van der Waals surface area contributed by atoms with Gasteiger partial charge in [0.2, 0.25) is 10.0 Å². The second-order valence-electron chi connectivity index (χ2n) is 7.93. The maximum atomic E-state index is 14.4. The quantitative estimate of drug-likeness (QED) is 0.698. The van der Waals surface area contributed by atoms with E-state index in [1.165, 1.54) is 17.0 Å². The lowest BCUT2D eigenvalue weighted by Crippen LogP contribution is -2.39. The van der Waals surface area contributed by atoms with Crippen molar-refractivity contribution in [3.8, 4) is 0 Å². The first kappa shape index (κ1) is 22.0. The Morgan fingerprint density at radius 3 is 2.24 bits per heavy atom. The number of benzene rings is 1. The summed E-state index contributed by atoms with van der Waals surface area (Å²) in [5.74, 6) is -1.91. The van der Waals surface area contributed by atoms with E-state index in [-0.39, 0.29) is 11.8 Å². The van der Waals surface area contributed by atoms with Crippen molar-refractivity contribution in [2.45, 2.75) is 51.5 Å². The van der Waals surface area contributed by atoms with Crippen LogP contribution >= 0.6 is 0 Å². The van der Waals surface area contributed by atoms with Crippen LogP contribution in [0, 0.1) is 17.6 Å². The van der Waals surface area contributed by atoms with Gasteiger partial charge in [-0.05, 0) is 63.5 Å². The van der Waals surface area contributed by atoms with E-state index < -0.39 is 33.1 Å². The number of rotatable bonds is 7. The summed E-state index contributed by atoms with van der Waals surface area (Å²) < 4.78 is 54.9. The molecule has 0 unspecified atom stereocenters. The molecule has 2 N–H and O–H groups in total. The highest BCUT2D eigenvalue weighted by atomic mass is 32.2. The first-order valence-electron chi connectivity index (χ1n) is 10.3. The Bertz CT molecular complexity index is 810. The molecule has 0 radical (unpaired) electrons. The van der Waals surface area contributed by atoms with Crippen LogP contribution in [-0.4, -0.2) is 50.7 Å². The van der Waals surface area contributed by atoms with Crippen molar-refractivity contribution in [2.75, 3.05) is 30.7 Å². The van der Waals surface area contributed by atoms with Crippen LogP contribution in [0.1, 0.15) is 55.8 Å². The highest BCUT2D eigenvalue weighted by molar-refractivity contribution is 7.89. The predicted octanol–water partition coefficient (Wildman–Crippen LogP) is 3.11. The summed E-state index contributed by atoms with van der Waals surface area (Å²) >= 11 is 0. The van der Waals surface area contributed by atoms with Crippen LogP contribution in [0.2, 0.25) is 0 Å². The van der Waals surface area contributed by atoms with Gasteiger partial charge in [0.25, 0.3) is 5.91 Å². The molecule has 1 aliphatic heterocycles. The smallest absolute Gasteiger partial charge is 0.259 e. The summed E-state index contributed by atoms with van der Waals surface area (Å²) in [6, 6.07) is 2.31. The molecule has 29 heavy (non-hydrogen) atoms. The molecule has 1 aliphatic carbocycles. The monoisotopic (exact) mass is 429 g/mol. The van der Waals surface area contributed by atoms with Crippen LogP contribution in [0.25, 0.3) is 0 Å². The average molecular weight is 430 g/mol. The zero-order valence-electron chi connectivity index (χ0n) is 16.7. The number of hydrogen-bond donors (Lipinski definition) is 2. The fourth-order valence-electron chi connectivity index (χ4n) is 4.04. The van der Waals surface area contributed by atoms with E-state index in [4.69, 9.17) is 0 Å². The van der Waals surface area contributed by atoms with Crippen LogP contribution in [0.15, 0.2) is 12.1 Å². The molecule has 2 aliphatic rings. The Kier molecular flexibility index (Phi) is 7.10. The molecule has 1 saturated heterocycles. The topological polar surface area (TPSA) is 78.5 Å². The number of likely N-dealkylation sites (tertiary alicyclic amines) is 1. The number of carbonyl (C=O) groups is 1. The van der Waals surface area contributed by atoms with Gasteiger partial charge < -0.3 is 10.2 Å². The van der Waals surface area contributed by atoms with Crippen LogP contribution in [-0.2, 0) is 10.0 Å². The van der Waals surface area contributed by atoms with Crippen molar-refractivity contribution in [2.24, 2.45) is 5.92 Å². The second-order valence-corrected chi connectivity index (χ2v) is 9.98. The molecule has 2 fully saturated rings. The molecule has 6 nitrogen and oxygen atoms in total. The highest BCUT2D eigenvalue weighted by Gasteiger charge is 2.27. The van der Waals surface area contributed by atoms with Crippen molar-refractivity contribution in [1.82, 2.24) is 9.62 Å². The number of nitrogens with one attached hydrogen (secondary N) is 2. The van der Waals surface area contributed by atoms with Gasteiger partial charge in [-0.2, -0.15) is 0 Å². The molecule has 162 valence electrons. The van der Waals surface area contributed by atoms with Gasteiger partial charge in [0.1, 0.15) is 17.2 Å². The SMILES string of the molecule is CCS(=O)(=O)N[C@H]1CC[C@H](CNc2cc(F)c(C(=O)N3CCCC3)c(F)c2)CC1. The third-order valence-electron chi connectivity index (χ3n) is 5.82. The number of hydrogen-bond acceptors (Lipinski definition) is 4. The van der Waals surface area contributed by atoms with E-state index >= 15 is 0 Å². The van der Waals surface area contributed by atoms with Crippen molar-refractivity contribution in [1.29, 1.82) is 0 Å². The molecular weight excluding hydrogens is 400 g/mol. The number of amides is 1. The van der Waals surface area contributed by atoms with Crippen LogP contribution in [0.5, 0.6) is 0 Å². The molecule has 0 bridgehead atoms. The van der Waals surface area contributed by atoms with Gasteiger partial charge in [0.05, 0.1) is 5.75 Å². The number of anilines is 1. The minimum absolute atomic E-state index is 0.0398. The maximum Gasteiger partial charge on any atom is 0.259 e. The van der Waals surface area contributed by atoms with E-state index in [1.807, 2.05) is 0 Å². The van der Waals surface area contributed by atoms with Gasteiger partial charge in [-0.15, -0.1) is 0 Å². The number of halogens is 2. The molecule has 1 aromatic carbocycles. The zero-order chi connectivity index (χ0) is 21.0. The molecule has 1 amide bonds. The first-order valence-corrected chi connectivity index (χ1v) is 12.0. The standard InChI is InChI=1S/C20H29F2N3O3S/c1-2-29(27,28)24-15-7-5-14(6-8-15)13-23-16-11-17(21)19(18(22)12-16)20(26)25-9-3-4-10-25/h11-12,14-15,23-24H,2-10,13H2,1H3/t14-,15-. The summed E-state index contributed by atoms with van der Waals surface area (Å²) in [5, 5.41) is 3.06. The first-order chi connectivity index (χ1) is 13.8. The minimum atomic E-state index is -3.20. The Morgan fingerprint density at radius 2 is 1.69 bits per heavy atom. The molecular formula is C20H29F2N3O3S. The second kappa shape index (κ2) is 9.38. The predicted molar refractivity (Wildman–Crippen MR) is 108 cm³/mol. The third-order valence-corrected chi connectivity index (χ3v) is 7.27. The lowest BCUT2D eigenvalue weighted by atomic mass is 9.86. The summed E-state index contributed by atoms with van der Waals surface area (Å²) in [5.41, 5.74) is -0.173. The Labute approximate surface area is 171 Å². The van der Waals surface area contributed by atoms with Gasteiger partial charge in [-0.3, -0.25) is 4.79 Å². The zero-order valence-corrected chi connectivity index (χ0v) is 17.5. The van der Waals surface area contributed by atoms with E-state index in [0.717, 1.165) is 38.5 Å². The maximum absolute atomic E-state index is 14.4. The molecule has 0 atom stereocenters. The van der Waals surface area contributed by atoms with Gasteiger partial charge in [-0.25, -0.2) is 21.9 Å². The summed E-state index contributed by atoms with van der Waals surface area (Å²) in [7, 11) is -3.20. The average Bonchev–Trinajstić information content (AvgIpc) is 3.21. The van der Waals surface area contributed by atoms with Crippen molar-refractivity contribution < 1.29 is 22.0 Å². The fraction of sp³-hybridized carbons (Fsp3) is 0.650. The van der Waals surface area contributed by atoms with Crippen molar-refractivity contribution in [3.05, 3.63) is 29.3 Å². The van der Waals surface area contributed by atoms with E-state index in [2.05, 4.69) is 10.0 Å². The number of carbonyl (C=O) groups excluding carboxylic acids is 1. The molecule has 0 aromatic heterocycles. The van der Waals surface area contributed by atoms with Gasteiger partial charge >= 0.3 is 0 Å². The highest BCUT2D eigenvalue weighted by Crippen LogP contribution is 2.27. The Hall–Kier alpha value is -1.74. The molecule has 1 saturated carbocycles. The number of sulfonamides is 1. The molecule has 0 spiro atoms. The molecule has 3 rings (SSSR count). The Balaban J connectivity index is 1.53. The lowest BCUT2D eigenvalue weighted by molar-refractivity contribution is 0.0783. The summed E-state index contributed by atoms with van der Waals surface area (Å²) in [6.07, 6.45) is 4.88. The van der Waals surface area contributed by atoms with Crippen molar-refractivity contribution >= 4 is 21.6 Å². The fourth-order valence-corrected chi connectivity index (χ4v) is 4.95. The normalized spacial score (nSPS) is 22.7. The van der Waals surface area contributed by atoms with E-state index in [9.17, 15) is 22.0 Å². The van der Waals surface area contributed by atoms with Gasteiger partial charge in [-0.1, -0.05) is 0 Å². The Morgan fingerprint density at radius 1 is 1.10 bits per heavy atom. The molecule has 1 aromatic rings.